The van der Waals surface area contributed by atoms with Crippen molar-refractivity contribution in [2.75, 3.05) is 0 Å². The molecule has 22 valence electrons. The van der Waals surface area contributed by atoms with Gasteiger partial charge >= 0.3 is 51.9 Å². The topological polar surface area (TPSA) is 23.8 Å². The number of nitrogens with zero attached hydrogens (tertiary/aromatic N) is 1. The van der Waals surface area contributed by atoms with Crippen molar-refractivity contribution in [1.82, 2.24) is 0 Å². The fourth-order valence-electron chi connectivity index (χ4n) is 0. The van der Waals surface area contributed by atoms with Crippen LogP contribution in [0.25, 0.3) is 0 Å². The molecule has 3 heteroatoms. The van der Waals surface area contributed by atoms with Gasteiger partial charge in [0.1, 0.15) is 0 Å². The molecule has 0 saturated heterocycles. The molecule has 0 aromatic carbocycles. The smallest absolute Gasteiger partial charge is 1.00 e. The number of rotatable bonds is 0. The Morgan fingerprint density at radius 1 is 1.50 bits per heavy atom. The second-order valence-electron chi connectivity index (χ2n) is 0. The summed E-state index contributed by atoms with van der Waals surface area (Å²) in [5, 5.41) is 6.25. The van der Waals surface area contributed by atoms with Crippen LogP contribution in [-0.2, 0) is 22.4 Å². The molecule has 0 aromatic rings. The van der Waals surface area contributed by atoms with Gasteiger partial charge < -0.3 is 13.3 Å². The molecule has 0 bridgehead atoms. The van der Waals surface area contributed by atoms with E-state index in [9.17, 15) is 0 Å². The molecule has 0 N–H and O–H groups in total. The monoisotopic (exact) mass is 247 g/mol. The molecule has 0 unspecified atom stereocenters. The predicted octanol–water partition coefficient (Wildman–Crippen LogP) is -2.79. The van der Waals surface area contributed by atoms with Crippen LogP contribution in [0.4, 0.5) is 0 Å². The molecule has 0 radical (unpaired) electrons. The zero-order valence-electron chi connectivity index (χ0n) is 3.25. The summed E-state index contributed by atoms with van der Waals surface area (Å²) in [6, 6.07) is 0. The Hall–Kier alpha value is 1.23. The van der Waals surface area contributed by atoms with E-state index in [2.05, 4.69) is 0 Å². The molecular weight excluding hydrogens is 246 g/mol. The van der Waals surface area contributed by atoms with Gasteiger partial charge in [0.05, 0.1) is 0 Å². The van der Waals surface area contributed by atoms with Crippen LogP contribution in [0, 0.1) is 11.8 Å². The van der Waals surface area contributed by atoms with E-state index in [4.69, 9.17) is 11.8 Å². The molecule has 0 atom stereocenters. The first-order valence-corrected chi connectivity index (χ1v) is 0.224. The van der Waals surface area contributed by atoms with Crippen molar-refractivity contribution < 1.29 is 53.4 Å². The normalized spacial score (nSPS) is 0.500. The molecule has 0 heterocycles. The second-order valence-corrected chi connectivity index (χ2v) is 0. The second kappa shape index (κ2) is 29.2. The Kier molecular flexibility index (Phi) is 137. The van der Waals surface area contributed by atoms with Crippen LogP contribution in [-0.4, -0.2) is 0 Å². The summed E-state index contributed by atoms with van der Waals surface area (Å²) in [6.07, 6.45) is 0. The van der Waals surface area contributed by atoms with Gasteiger partial charge in [-0.25, -0.2) is 0 Å². The summed E-state index contributed by atoms with van der Waals surface area (Å²) in [6.45, 7) is 4.75. The third-order valence-electron chi connectivity index (χ3n) is 0. The van der Waals surface area contributed by atoms with Crippen LogP contribution in [0.1, 0.15) is 1.43 Å². The van der Waals surface area contributed by atoms with Crippen LogP contribution in [0.5, 0.6) is 0 Å². The van der Waals surface area contributed by atoms with E-state index >= 15 is 0 Å². The zero-order valence-corrected chi connectivity index (χ0v) is 6.42. The van der Waals surface area contributed by atoms with Crippen LogP contribution in [0.2, 0.25) is 0 Å². The molecule has 0 aromatic heterocycles. The van der Waals surface area contributed by atoms with Crippen molar-refractivity contribution in [3.63, 3.8) is 0 Å². The van der Waals surface area contributed by atoms with Gasteiger partial charge in [0.15, 0.2) is 0 Å². The quantitative estimate of drug-likeness (QED) is 0.335. The van der Waals surface area contributed by atoms with Crippen molar-refractivity contribution >= 4 is 0 Å². The van der Waals surface area contributed by atoms with Crippen molar-refractivity contribution in [2.24, 2.45) is 0 Å². The summed E-state index contributed by atoms with van der Waals surface area (Å²) < 4.78 is 0. The Morgan fingerprint density at radius 3 is 1.50 bits per heavy atom. The standard InChI is InChI=1S/CN.Au.Na.H/c1-2;;;/q-1;2*+1;-1. The van der Waals surface area contributed by atoms with Gasteiger partial charge in [-0.3, -0.25) is 0 Å². The van der Waals surface area contributed by atoms with Crippen molar-refractivity contribution in [3.8, 4) is 0 Å². The summed E-state index contributed by atoms with van der Waals surface area (Å²) in [7, 11) is 0. The molecule has 0 fully saturated rings. The van der Waals surface area contributed by atoms with Gasteiger partial charge in [0.25, 0.3) is 0 Å². The van der Waals surface area contributed by atoms with Crippen LogP contribution < -0.4 is 29.6 Å². The fourth-order valence-corrected chi connectivity index (χ4v) is 0. The first-order valence-electron chi connectivity index (χ1n) is 0.224. The molecule has 0 spiro atoms. The van der Waals surface area contributed by atoms with E-state index in [1.165, 1.54) is 0 Å². The summed E-state index contributed by atoms with van der Waals surface area (Å²) in [4.78, 5) is 0. The summed E-state index contributed by atoms with van der Waals surface area (Å²) in [5.74, 6) is 0. The van der Waals surface area contributed by atoms with E-state index in [0.29, 0.717) is 0 Å². The predicted molar refractivity (Wildman–Crippen MR) is 6.08 cm³/mol. The van der Waals surface area contributed by atoms with E-state index in [-0.39, 0.29) is 53.4 Å². The minimum Gasteiger partial charge on any atom is -1.00 e. The van der Waals surface area contributed by atoms with Gasteiger partial charge in [-0.05, 0) is 0 Å². The Morgan fingerprint density at radius 2 is 1.50 bits per heavy atom. The summed E-state index contributed by atoms with van der Waals surface area (Å²) >= 11 is 0. The molecule has 0 aliphatic rings. The first-order chi connectivity index (χ1) is 1.00. The molecule has 4 heavy (non-hydrogen) atoms. The van der Waals surface area contributed by atoms with Gasteiger partial charge in [-0.15, -0.1) is 0 Å². The largest absolute Gasteiger partial charge is 1.00 e. The number of hydrogen-bond donors (Lipinski definition) is 0. The van der Waals surface area contributed by atoms with Gasteiger partial charge in [-0.2, -0.15) is 0 Å². The molecule has 0 saturated carbocycles. The van der Waals surface area contributed by atoms with Gasteiger partial charge in [-0.1, -0.05) is 0 Å². The SMILES string of the molecule is [Au+].[C-]#N.[H-].[Na+]. The van der Waals surface area contributed by atoms with Crippen molar-refractivity contribution in [3.05, 3.63) is 6.57 Å². The minimum atomic E-state index is 0. The van der Waals surface area contributed by atoms with E-state index in [1.807, 2.05) is 0 Å². The van der Waals surface area contributed by atoms with Crippen molar-refractivity contribution in [1.29, 1.82) is 5.26 Å². The van der Waals surface area contributed by atoms with Gasteiger partial charge in [0, 0.05) is 0 Å². The first kappa shape index (κ1) is 18.8. The Labute approximate surface area is 64.7 Å². The average molecular weight is 247 g/mol. The molecule has 0 rings (SSSR count). The maximum absolute atomic E-state index is 6.25. The van der Waals surface area contributed by atoms with Crippen molar-refractivity contribution in [2.45, 2.75) is 0 Å². The van der Waals surface area contributed by atoms with E-state index in [0.717, 1.165) is 0 Å². The summed E-state index contributed by atoms with van der Waals surface area (Å²) in [5.41, 5.74) is 0. The molecule has 0 aliphatic heterocycles. The molecule has 0 aliphatic carbocycles. The maximum atomic E-state index is 6.25. The Balaban J connectivity index is -0.00000000167. The average Bonchev–Trinajstić information content (AvgIpc) is 1.00. The Bertz CT molecular complexity index is 16.4. The number of hydrogen-bond acceptors (Lipinski definition) is 1. The molecule has 0 amide bonds. The minimum absolute atomic E-state index is 0. The molecular formula is CHAuNNa. The fraction of sp³-hybridized carbons (Fsp3) is 0. The molecule has 1 nitrogen and oxygen atoms in total. The third-order valence-corrected chi connectivity index (χ3v) is 0. The van der Waals surface area contributed by atoms with E-state index < -0.39 is 0 Å². The third kappa shape index (κ3) is 10.6. The van der Waals surface area contributed by atoms with Crippen LogP contribution in [0.3, 0.4) is 0 Å². The van der Waals surface area contributed by atoms with E-state index in [1.54, 1.807) is 0 Å². The zero-order chi connectivity index (χ0) is 2.00. The van der Waals surface area contributed by atoms with Crippen LogP contribution >= 0.6 is 0 Å². The van der Waals surface area contributed by atoms with Gasteiger partial charge in [0.2, 0.25) is 0 Å². The van der Waals surface area contributed by atoms with Crippen LogP contribution in [0.15, 0.2) is 0 Å². The maximum Gasteiger partial charge on any atom is 1.00 e.